The van der Waals surface area contributed by atoms with Crippen LogP contribution in [0.4, 0.5) is 0 Å². The van der Waals surface area contributed by atoms with Crippen LogP contribution in [0.15, 0.2) is 18.3 Å². The van der Waals surface area contributed by atoms with E-state index >= 15 is 0 Å². The summed E-state index contributed by atoms with van der Waals surface area (Å²) in [6, 6.07) is 4.64. The van der Waals surface area contributed by atoms with Gasteiger partial charge < -0.3 is 10.6 Å². The highest BCUT2D eigenvalue weighted by Gasteiger charge is 2.28. The fourth-order valence-corrected chi connectivity index (χ4v) is 2.89. The lowest BCUT2D eigenvalue weighted by atomic mass is 10.1. The van der Waals surface area contributed by atoms with Crippen LogP contribution in [0.25, 0.3) is 5.65 Å². The molecule has 19 heavy (non-hydrogen) atoms. The smallest absolute Gasteiger partial charge is 0.165 e. The van der Waals surface area contributed by atoms with E-state index in [1.165, 1.54) is 0 Å². The second kappa shape index (κ2) is 4.90. The average Bonchev–Trinajstić information content (AvgIpc) is 3.04. The van der Waals surface area contributed by atoms with E-state index in [0.29, 0.717) is 18.5 Å². The molecule has 3 heterocycles. The van der Waals surface area contributed by atoms with E-state index < -0.39 is 0 Å². The topological polar surface area (TPSA) is 59.5 Å². The molecule has 0 radical (unpaired) electrons. The molecule has 3 rings (SSSR count). The molecule has 0 amide bonds. The molecule has 2 N–H and O–H groups in total. The first-order chi connectivity index (χ1) is 9.20. The fourth-order valence-electron chi connectivity index (χ4n) is 2.89. The quantitative estimate of drug-likeness (QED) is 0.905. The maximum Gasteiger partial charge on any atom is 0.165 e. The first-order valence-electron chi connectivity index (χ1n) is 6.97. The normalized spacial score (nSPS) is 20.7. The number of rotatable bonds is 3. The van der Waals surface area contributed by atoms with Crippen molar-refractivity contribution in [2.24, 2.45) is 5.73 Å². The van der Waals surface area contributed by atoms with Crippen LogP contribution in [0, 0.1) is 0 Å². The molecule has 5 nitrogen and oxygen atoms in total. The Hall–Kier alpha value is -1.46. The summed E-state index contributed by atoms with van der Waals surface area (Å²) < 4.78 is 2.11. The molecule has 0 saturated carbocycles. The van der Waals surface area contributed by atoms with E-state index in [1.54, 1.807) is 0 Å². The minimum absolute atomic E-state index is 0.477. The van der Waals surface area contributed by atoms with Gasteiger partial charge in [-0.2, -0.15) is 0 Å². The number of nitrogens with zero attached hydrogens (tertiary/aromatic N) is 4. The minimum atomic E-state index is 0.477. The molecule has 1 fully saturated rings. The van der Waals surface area contributed by atoms with E-state index in [9.17, 15) is 0 Å². The van der Waals surface area contributed by atoms with Crippen molar-refractivity contribution in [2.45, 2.75) is 38.8 Å². The number of hydrogen-bond acceptors (Lipinski definition) is 4. The zero-order valence-electron chi connectivity index (χ0n) is 11.6. The number of hydrogen-bond donors (Lipinski definition) is 1. The summed E-state index contributed by atoms with van der Waals surface area (Å²) in [5.74, 6) is 1.55. The predicted octanol–water partition coefficient (Wildman–Crippen LogP) is 1.39. The zero-order valence-corrected chi connectivity index (χ0v) is 11.6. The molecular formula is C14H21N5. The molecule has 102 valence electrons. The van der Waals surface area contributed by atoms with Crippen molar-refractivity contribution in [3.8, 4) is 0 Å². The van der Waals surface area contributed by atoms with Gasteiger partial charge in [-0.3, -0.25) is 4.40 Å². The standard InChI is InChI=1S/C14H21N5/c1-10(2)18-7-5-12(9-18)14-17-16-13-11(8-15)4-3-6-19(13)14/h3-4,6,10,12H,5,7-9,15H2,1-2H3. The molecule has 1 aliphatic rings. The van der Waals surface area contributed by atoms with Gasteiger partial charge in [0.1, 0.15) is 5.82 Å². The van der Waals surface area contributed by atoms with E-state index in [4.69, 9.17) is 5.73 Å². The van der Waals surface area contributed by atoms with Gasteiger partial charge in [-0.05, 0) is 32.9 Å². The Labute approximate surface area is 113 Å². The van der Waals surface area contributed by atoms with Crippen LogP contribution in [0.5, 0.6) is 0 Å². The molecule has 2 aromatic rings. The van der Waals surface area contributed by atoms with Gasteiger partial charge in [0.25, 0.3) is 0 Å². The highest BCUT2D eigenvalue weighted by Crippen LogP contribution is 2.27. The van der Waals surface area contributed by atoms with Crippen LogP contribution >= 0.6 is 0 Å². The number of aromatic nitrogens is 3. The van der Waals surface area contributed by atoms with Crippen molar-refractivity contribution < 1.29 is 0 Å². The SMILES string of the molecule is CC(C)N1CCC(c2nnc3c(CN)cccn23)C1. The van der Waals surface area contributed by atoms with Crippen molar-refractivity contribution >= 4 is 5.65 Å². The average molecular weight is 259 g/mol. The Morgan fingerprint density at radius 1 is 1.42 bits per heavy atom. The Morgan fingerprint density at radius 2 is 2.26 bits per heavy atom. The largest absolute Gasteiger partial charge is 0.326 e. The Morgan fingerprint density at radius 3 is 2.95 bits per heavy atom. The molecular weight excluding hydrogens is 238 g/mol. The van der Waals surface area contributed by atoms with E-state index in [0.717, 1.165) is 36.5 Å². The third-order valence-corrected chi connectivity index (χ3v) is 4.08. The van der Waals surface area contributed by atoms with E-state index in [1.807, 2.05) is 18.3 Å². The molecule has 0 bridgehead atoms. The van der Waals surface area contributed by atoms with Crippen molar-refractivity contribution in [1.29, 1.82) is 0 Å². The first kappa shape index (κ1) is 12.6. The van der Waals surface area contributed by atoms with Crippen LogP contribution in [0.3, 0.4) is 0 Å². The molecule has 5 heteroatoms. The first-order valence-corrected chi connectivity index (χ1v) is 6.97. The molecule has 0 aromatic carbocycles. The second-order valence-corrected chi connectivity index (χ2v) is 5.56. The maximum atomic E-state index is 5.75. The fraction of sp³-hybridized carbons (Fsp3) is 0.571. The summed E-state index contributed by atoms with van der Waals surface area (Å²) in [5.41, 5.74) is 7.71. The van der Waals surface area contributed by atoms with E-state index in [2.05, 4.69) is 33.3 Å². The third-order valence-electron chi connectivity index (χ3n) is 4.08. The Bertz CT molecular complexity index is 574. The monoisotopic (exact) mass is 259 g/mol. The summed E-state index contributed by atoms with van der Waals surface area (Å²) in [6.45, 7) is 7.22. The van der Waals surface area contributed by atoms with Gasteiger partial charge in [0.2, 0.25) is 0 Å². The maximum absolute atomic E-state index is 5.75. The number of likely N-dealkylation sites (tertiary alicyclic amines) is 1. The van der Waals surface area contributed by atoms with Gasteiger partial charge in [0.15, 0.2) is 5.65 Å². The second-order valence-electron chi connectivity index (χ2n) is 5.56. The lowest BCUT2D eigenvalue weighted by molar-refractivity contribution is 0.271. The summed E-state index contributed by atoms with van der Waals surface area (Å²) >= 11 is 0. The van der Waals surface area contributed by atoms with Crippen LogP contribution in [-0.4, -0.2) is 38.6 Å². The van der Waals surface area contributed by atoms with Gasteiger partial charge in [0.05, 0.1) is 0 Å². The van der Waals surface area contributed by atoms with Gasteiger partial charge in [-0.15, -0.1) is 10.2 Å². The van der Waals surface area contributed by atoms with Crippen LogP contribution in [0.2, 0.25) is 0 Å². The summed E-state index contributed by atoms with van der Waals surface area (Å²) in [5, 5.41) is 8.73. The van der Waals surface area contributed by atoms with Crippen molar-refractivity contribution in [1.82, 2.24) is 19.5 Å². The van der Waals surface area contributed by atoms with Gasteiger partial charge in [-0.1, -0.05) is 6.07 Å². The molecule has 1 unspecified atom stereocenters. The summed E-state index contributed by atoms with van der Waals surface area (Å²) in [4.78, 5) is 2.50. The molecule has 0 aliphatic carbocycles. The Kier molecular flexibility index (Phi) is 3.24. The highest BCUT2D eigenvalue weighted by molar-refractivity contribution is 5.47. The van der Waals surface area contributed by atoms with Crippen LogP contribution in [-0.2, 0) is 6.54 Å². The Balaban J connectivity index is 1.94. The van der Waals surface area contributed by atoms with Crippen molar-refractivity contribution in [2.75, 3.05) is 13.1 Å². The number of fused-ring (bicyclic) bond motifs is 1. The zero-order chi connectivity index (χ0) is 13.4. The molecule has 1 atom stereocenters. The molecule has 0 spiro atoms. The van der Waals surface area contributed by atoms with Crippen LogP contribution < -0.4 is 5.73 Å². The van der Waals surface area contributed by atoms with E-state index in [-0.39, 0.29) is 0 Å². The minimum Gasteiger partial charge on any atom is -0.326 e. The van der Waals surface area contributed by atoms with Crippen molar-refractivity contribution in [3.63, 3.8) is 0 Å². The highest BCUT2D eigenvalue weighted by atomic mass is 15.3. The number of nitrogens with two attached hydrogens (primary N) is 1. The summed E-state index contributed by atoms with van der Waals surface area (Å²) in [7, 11) is 0. The lowest BCUT2D eigenvalue weighted by Crippen LogP contribution is -2.28. The van der Waals surface area contributed by atoms with Gasteiger partial charge in [0, 0.05) is 36.8 Å². The third kappa shape index (κ3) is 2.13. The lowest BCUT2D eigenvalue weighted by Gasteiger charge is -2.19. The summed E-state index contributed by atoms with van der Waals surface area (Å²) in [6.07, 6.45) is 3.20. The number of pyridine rings is 1. The predicted molar refractivity (Wildman–Crippen MR) is 74.9 cm³/mol. The van der Waals surface area contributed by atoms with Crippen LogP contribution in [0.1, 0.15) is 37.6 Å². The molecule has 1 aliphatic heterocycles. The van der Waals surface area contributed by atoms with Crippen molar-refractivity contribution in [3.05, 3.63) is 29.7 Å². The molecule has 1 saturated heterocycles. The van der Waals surface area contributed by atoms with Gasteiger partial charge in [-0.25, -0.2) is 0 Å². The molecule has 2 aromatic heterocycles. The van der Waals surface area contributed by atoms with Gasteiger partial charge >= 0.3 is 0 Å².